The number of halogens is 1. The van der Waals surface area contributed by atoms with E-state index in [2.05, 4.69) is 48.2 Å². The van der Waals surface area contributed by atoms with Gasteiger partial charge in [0.25, 0.3) is 5.91 Å². The lowest BCUT2D eigenvalue weighted by Crippen LogP contribution is -2.48. The lowest BCUT2D eigenvalue weighted by atomic mass is 10.1. The van der Waals surface area contributed by atoms with Crippen molar-refractivity contribution in [3.8, 4) is 6.07 Å². The van der Waals surface area contributed by atoms with Crippen LogP contribution in [0.2, 0.25) is 0 Å². The minimum atomic E-state index is -0.202. The average molecular weight is 498 g/mol. The van der Waals surface area contributed by atoms with Crippen LogP contribution in [0.15, 0.2) is 34.9 Å². The van der Waals surface area contributed by atoms with E-state index < -0.39 is 0 Å². The van der Waals surface area contributed by atoms with Gasteiger partial charge in [-0.15, -0.1) is 0 Å². The SMILES string of the molecule is CN1CCN(Cc2ccc(C(=O)N(NC3CCCC3)c3nc(C#N)ncc3Br)cc2)CC1. The molecule has 32 heavy (non-hydrogen) atoms. The molecule has 1 aromatic heterocycles. The highest BCUT2D eigenvalue weighted by atomic mass is 79.9. The van der Waals surface area contributed by atoms with Crippen molar-refractivity contribution in [2.45, 2.75) is 38.3 Å². The molecule has 0 spiro atoms. The normalized spacial score (nSPS) is 17.9. The minimum absolute atomic E-state index is 0.0248. The summed E-state index contributed by atoms with van der Waals surface area (Å²) in [6, 6.07) is 9.94. The molecule has 168 valence electrons. The molecule has 0 unspecified atom stereocenters. The van der Waals surface area contributed by atoms with Gasteiger partial charge in [-0.1, -0.05) is 25.0 Å². The topological polar surface area (TPSA) is 88.4 Å². The molecule has 1 amide bonds. The number of anilines is 1. The summed E-state index contributed by atoms with van der Waals surface area (Å²) in [5.41, 5.74) is 5.11. The Labute approximate surface area is 197 Å². The standard InChI is InChI=1S/C23H28BrN7O/c1-29-10-12-30(13-11-29)16-17-6-8-18(9-7-17)23(32)31(28-19-4-2-3-5-19)22-20(24)15-26-21(14-25)27-22/h6-9,15,19,28H,2-5,10-13,16H2,1H3. The predicted octanol–water partition coefficient (Wildman–Crippen LogP) is 2.95. The number of nitrogens with zero attached hydrogens (tertiary/aromatic N) is 6. The quantitative estimate of drug-likeness (QED) is 0.613. The fraction of sp³-hybridized carbons (Fsp3) is 0.478. The summed E-state index contributed by atoms with van der Waals surface area (Å²) in [5.74, 6) is 0.179. The lowest BCUT2D eigenvalue weighted by molar-refractivity contribution is 0.0968. The zero-order chi connectivity index (χ0) is 22.5. The molecule has 1 N–H and O–H groups in total. The van der Waals surface area contributed by atoms with Gasteiger partial charge in [0, 0.05) is 50.5 Å². The van der Waals surface area contributed by atoms with E-state index in [1.807, 2.05) is 30.3 Å². The number of amides is 1. The van der Waals surface area contributed by atoms with Crippen molar-refractivity contribution in [1.82, 2.24) is 25.2 Å². The van der Waals surface area contributed by atoms with Gasteiger partial charge in [0.2, 0.25) is 5.82 Å². The summed E-state index contributed by atoms with van der Waals surface area (Å²) in [6.07, 6.45) is 5.78. The van der Waals surface area contributed by atoms with E-state index >= 15 is 0 Å². The Bertz CT molecular complexity index is 977. The van der Waals surface area contributed by atoms with E-state index in [1.165, 1.54) is 16.8 Å². The summed E-state index contributed by atoms with van der Waals surface area (Å²) in [6.45, 7) is 5.15. The first-order chi connectivity index (χ1) is 15.5. The van der Waals surface area contributed by atoms with Gasteiger partial charge in [-0.2, -0.15) is 10.2 Å². The van der Waals surface area contributed by atoms with Gasteiger partial charge in [-0.3, -0.25) is 9.69 Å². The lowest BCUT2D eigenvalue weighted by Gasteiger charge is -2.32. The Kier molecular flexibility index (Phi) is 7.48. The Balaban J connectivity index is 1.53. The number of hydrogen-bond donors (Lipinski definition) is 1. The first-order valence-electron chi connectivity index (χ1n) is 11.1. The summed E-state index contributed by atoms with van der Waals surface area (Å²) < 4.78 is 0.557. The maximum atomic E-state index is 13.5. The third kappa shape index (κ3) is 5.51. The molecule has 4 rings (SSSR count). The third-order valence-electron chi connectivity index (χ3n) is 6.11. The minimum Gasteiger partial charge on any atom is -0.304 e. The zero-order valence-electron chi connectivity index (χ0n) is 18.3. The molecule has 0 atom stereocenters. The predicted molar refractivity (Wildman–Crippen MR) is 126 cm³/mol. The van der Waals surface area contributed by atoms with Gasteiger partial charge in [0.05, 0.1) is 4.47 Å². The van der Waals surface area contributed by atoms with Crippen molar-refractivity contribution >= 4 is 27.7 Å². The molecule has 1 aliphatic carbocycles. The molecule has 2 aliphatic rings. The maximum absolute atomic E-state index is 13.5. The molecule has 0 bridgehead atoms. The molecule has 1 saturated carbocycles. The van der Waals surface area contributed by atoms with Crippen LogP contribution in [0.5, 0.6) is 0 Å². The number of piperazine rings is 1. The number of nitriles is 1. The number of carbonyl (C=O) groups excluding carboxylic acids is 1. The highest BCUT2D eigenvalue weighted by Crippen LogP contribution is 2.26. The molecule has 2 heterocycles. The second kappa shape index (κ2) is 10.5. The number of likely N-dealkylation sites (N-methyl/N-ethyl adjacent to an activating group) is 1. The number of rotatable bonds is 6. The van der Waals surface area contributed by atoms with Crippen LogP contribution in [0.25, 0.3) is 0 Å². The summed E-state index contributed by atoms with van der Waals surface area (Å²) in [7, 11) is 2.15. The van der Waals surface area contributed by atoms with Crippen LogP contribution in [-0.2, 0) is 6.54 Å². The van der Waals surface area contributed by atoms with E-state index in [-0.39, 0.29) is 17.8 Å². The van der Waals surface area contributed by atoms with Gasteiger partial charge < -0.3 is 4.90 Å². The summed E-state index contributed by atoms with van der Waals surface area (Å²) in [5, 5.41) is 10.7. The Morgan fingerprint density at radius 3 is 2.56 bits per heavy atom. The van der Waals surface area contributed by atoms with Gasteiger partial charge in [-0.25, -0.2) is 15.4 Å². The van der Waals surface area contributed by atoms with Crippen molar-refractivity contribution in [3.63, 3.8) is 0 Å². The number of hydrogen-bond acceptors (Lipinski definition) is 7. The van der Waals surface area contributed by atoms with Crippen LogP contribution in [-0.4, -0.2) is 64.9 Å². The molecule has 1 aromatic carbocycles. The second-order valence-electron chi connectivity index (χ2n) is 8.50. The van der Waals surface area contributed by atoms with Gasteiger partial charge in [0.1, 0.15) is 6.07 Å². The monoisotopic (exact) mass is 497 g/mol. The molecule has 9 heteroatoms. The van der Waals surface area contributed by atoms with Crippen molar-refractivity contribution in [2.75, 3.05) is 38.2 Å². The van der Waals surface area contributed by atoms with Crippen molar-refractivity contribution in [1.29, 1.82) is 5.26 Å². The Hall–Kier alpha value is -2.38. The first kappa shape index (κ1) is 22.8. The van der Waals surface area contributed by atoms with E-state index in [0.29, 0.717) is 15.9 Å². The van der Waals surface area contributed by atoms with Gasteiger partial charge in [0.15, 0.2) is 5.82 Å². The van der Waals surface area contributed by atoms with Crippen LogP contribution in [0.4, 0.5) is 5.82 Å². The van der Waals surface area contributed by atoms with E-state index in [4.69, 9.17) is 0 Å². The first-order valence-corrected chi connectivity index (χ1v) is 11.9. The molecule has 2 fully saturated rings. The highest BCUT2D eigenvalue weighted by Gasteiger charge is 2.27. The van der Waals surface area contributed by atoms with E-state index in [9.17, 15) is 10.1 Å². The van der Waals surface area contributed by atoms with Crippen LogP contribution in [0.1, 0.15) is 47.4 Å². The molecule has 0 radical (unpaired) electrons. The number of benzene rings is 1. The number of nitrogens with one attached hydrogen (secondary N) is 1. The van der Waals surface area contributed by atoms with Crippen molar-refractivity contribution in [3.05, 3.63) is 51.9 Å². The van der Waals surface area contributed by atoms with E-state index in [1.54, 1.807) is 0 Å². The number of aromatic nitrogens is 2. The fourth-order valence-electron chi connectivity index (χ4n) is 4.17. The van der Waals surface area contributed by atoms with Crippen LogP contribution in [0, 0.1) is 11.3 Å². The fourth-order valence-corrected chi connectivity index (χ4v) is 4.54. The van der Waals surface area contributed by atoms with E-state index in [0.717, 1.165) is 58.4 Å². The molecule has 1 aliphatic heterocycles. The molecular formula is C23H28BrN7O. The summed E-state index contributed by atoms with van der Waals surface area (Å²) in [4.78, 5) is 26.6. The molecule has 1 saturated heterocycles. The van der Waals surface area contributed by atoms with Gasteiger partial charge in [-0.05, 0) is 53.5 Å². The molecular weight excluding hydrogens is 470 g/mol. The summed E-state index contributed by atoms with van der Waals surface area (Å²) >= 11 is 3.44. The Morgan fingerprint density at radius 2 is 1.91 bits per heavy atom. The van der Waals surface area contributed by atoms with Crippen LogP contribution >= 0.6 is 15.9 Å². The largest absolute Gasteiger partial charge is 0.304 e. The van der Waals surface area contributed by atoms with Crippen molar-refractivity contribution < 1.29 is 4.79 Å². The molecule has 8 nitrogen and oxygen atoms in total. The third-order valence-corrected chi connectivity index (χ3v) is 6.67. The van der Waals surface area contributed by atoms with Gasteiger partial charge >= 0.3 is 0 Å². The Morgan fingerprint density at radius 1 is 1.22 bits per heavy atom. The number of hydrazine groups is 1. The van der Waals surface area contributed by atoms with Crippen molar-refractivity contribution in [2.24, 2.45) is 0 Å². The zero-order valence-corrected chi connectivity index (χ0v) is 19.9. The average Bonchev–Trinajstić information content (AvgIpc) is 3.33. The molecule has 2 aromatic rings. The highest BCUT2D eigenvalue weighted by molar-refractivity contribution is 9.10. The number of carbonyl (C=O) groups is 1. The van der Waals surface area contributed by atoms with Crippen LogP contribution in [0.3, 0.4) is 0 Å². The maximum Gasteiger partial charge on any atom is 0.274 e. The van der Waals surface area contributed by atoms with Crippen LogP contribution < -0.4 is 10.4 Å². The smallest absolute Gasteiger partial charge is 0.274 e. The second-order valence-corrected chi connectivity index (χ2v) is 9.36.